The topological polar surface area (TPSA) is 128 Å². The van der Waals surface area contributed by atoms with Crippen molar-refractivity contribution in [3.63, 3.8) is 0 Å². The first-order chi connectivity index (χ1) is 13.6. The highest BCUT2D eigenvalue weighted by Gasteiger charge is 2.23. The molecule has 10 nitrogen and oxygen atoms in total. The first-order valence-electron chi connectivity index (χ1n) is 8.03. The number of sulfonamides is 1. The highest BCUT2D eigenvalue weighted by atomic mass is 35.5. The normalized spacial score (nSPS) is 11.2. The minimum absolute atomic E-state index is 0.115. The Kier molecular flexibility index (Phi) is 7.01. The van der Waals surface area contributed by atoms with Gasteiger partial charge in [-0.05, 0) is 30.3 Å². The van der Waals surface area contributed by atoms with E-state index >= 15 is 0 Å². The van der Waals surface area contributed by atoms with Gasteiger partial charge >= 0.3 is 5.69 Å². The average Bonchev–Trinajstić information content (AvgIpc) is 2.66. The number of nitro groups is 1. The predicted molar refractivity (Wildman–Crippen MR) is 106 cm³/mol. The molecule has 12 heteroatoms. The molecule has 0 atom stereocenters. The number of nitrogens with zero attached hydrogens (tertiary/aromatic N) is 2. The van der Waals surface area contributed by atoms with Gasteiger partial charge in [0, 0.05) is 30.9 Å². The smallest absolute Gasteiger partial charge is 0.312 e. The molecule has 0 saturated carbocycles. The lowest BCUT2D eigenvalue weighted by Crippen LogP contribution is -2.24. The van der Waals surface area contributed by atoms with Gasteiger partial charge in [-0.3, -0.25) is 14.9 Å². The molecule has 156 valence electrons. The van der Waals surface area contributed by atoms with Gasteiger partial charge < -0.3 is 14.8 Å². The van der Waals surface area contributed by atoms with Crippen LogP contribution in [0.2, 0.25) is 5.02 Å². The predicted octanol–water partition coefficient (Wildman–Crippen LogP) is 2.52. The second-order valence-electron chi connectivity index (χ2n) is 5.86. The summed E-state index contributed by atoms with van der Waals surface area (Å²) in [5.41, 5.74) is -0.195. The van der Waals surface area contributed by atoms with Gasteiger partial charge in [-0.25, -0.2) is 12.7 Å². The molecular weight excluding hydrogens is 426 g/mol. The van der Waals surface area contributed by atoms with E-state index in [-0.39, 0.29) is 32.8 Å². The van der Waals surface area contributed by atoms with E-state index in [2.05, 4.69) is 5.32 Å². The summed E-state index contributed by atoms with van der Waals surface area (Å²) in [6.45, 7) is -0.537. The quantitative estimate of drug-likeness (QED) is 0.490. The fraction of sp³-hybridized carbons (Fsp3) is 0.235. The van der Waals surface area contributed by atoms with Crippen molar-refractivity contribution in [2.24, 2.45) is 0 Å². The number of rotatable bonds is 8. The molecule has 0 unspecified atom stereocenters. The van der Waals surface area contributed by atoms with E-state index in [4.69, 9.17) is 21.1 Å². The molecule has 0 radical (unpaired) electrons. The van der Waals surface area contributed by atoms with E-state index in [1.807, 2.05) is 0 Å². The van der Waals surface area contributed by atoms with Crippen LogP contribution in [0.3, 0.4) is 0 Å². The van der Waals surface area contributed by atoms with E-state index in [9.17, 15) is 23.3 Å². The lowest BCUT2D eigenvalue weighted by Gasteiger charge is -2.16. The Bertz CT molecular complexity index is 1040. The maximum absolute atomic E-state index is 12.4. The van der Waals surface area contributed by atoms with E-state index < -0.39 is 27.5 Å². The van der Waals surface area contributed by atoms with Crippen molar-refractivity contribution in [1.29, 1.82) is 0 Å². The number of carbonyl (C=O) groups excluding carboxylic acids is 1. The van der Waals surface area contributed by atoms with Crippen LogP contribution < -0.4 is 14.8 Å². The zero-order valence-corrected chi connectivity index (χ0v) is 17.3. The van der Waals surface area contributed by atoms with Crippen molar-refractivity contribution in [2.75, 3.05) is 33.1 Å². The zero-order chi connectivity index (χ0) is 21.8. The van der Waals surface area contributed by atoms with Gasteiger partial charge in [-0.1, -0.05) is 11.6 Å². The molecule has 0 aromatic heterocycles. The zero-order valence-electron chi connectivity index (χ0n) is 15.7. The number of nitro benzene ring substituents is 1. The Morgan fingerprint density at radius 2 is 1.86 bits per heavy atom. The monoisotopic (exact) mass is 443 g/mol. The van der Waals surface area contributed by atoms with Gasteiger partial charge in [-0.15, -0.1) is 0 Å². The molecule has 1 amide bonds. The number of anilines is 1. The maximum atomic E-state index is 12.4. The second kappa shape index (κ2) is 9.07. The standard InChI is InChI=1S/C17H18ClN3O7S/c1-20(2)29(25,26)16-9-12(5-7-15(16)27-3)19-17(22)10-28-14-6-4-11(18)8-13(14)21(23)24/h4-9H,10H2,1-3H3,(H,19,22). The van der Waals surface area contributed by atoms with Crippen LogP contribution in [0.25, 0.3) is 0 Å². The van der Waals surface area contributed by atoms with Crippen molar-refractivity contribution in [3.8, 4) is 11.5 Å². The molecule has 0 saturated heterocycles. The van der Waals surface area contributed by atoms with Crippen molar-refractivity contribution in [3.05, 3.63) is 51.5 Å². The molecule has 2 aromatic carbocycles. The fourth-order valence-corrected chi connectivity index (χ4v) is 3.49. The lowest BCUT2D eigenvalue weighted by atomic mass is 10.3. The van der Waals surface area contributed by atoms with E-state index in [1.54, 1.807) is 0 Å². The van der Waals surface area contributed by atoms with Crippen LogP contribution in [-0.4, -0.2) is 51.4 Å². The van der Waals surface area contributed by atoms with Crippen molar-refractivity contribution >= 4 is 38.9 Å². The Hall–Kier alpha value is -2.89. The molecule has 0 heterocycles. The van der Waals surface area contributed by atoms with Crippen molar-refractivity contribution in [1.82, 2.24) is 4.31 Å². The Morgan fingerprint density at radius 1 is 1.21 bits per heavy atom. The highest BCUT2D eigenvalue weighted by molar-refractivity contribution is 7.89. The SMILES string of the molecule is COc1ccc(NC(=O)COc2ccc(Cl)cc2[N+](=O)[O-])cc1S(=O)(=O)N(C)C. The molecule has 2 aromatic rings. The van der Waals surface area contributed by atoms with Crippen LogP contribution in [-0.2, 0) is 14.8 Å². The van der Waals surface area contributed by atoms with Gasteiger partial charge in [0.15, 0.2) is 12.4 Å². The lowest BCUT2D eigenvalue weighted by molar-refractivity contribution is -0.385. The van der Waals surface area contributed by atoms with Gasteiger partial charge in [0.2, 0.25) is 10.0 Å². The average molecular weight is 444 g/mol. The summed E-state index contributed by atoms with van der Waals surface area (Å²) >= 11 is 5.73. The molecule has 0 fully saturated rings. The van der Waals surface area contributed by atoms with Gasteiger partial charge in [0.05, 0.1) is 12.0 Å². The number of amides is 1. The third kappa shape index (κ3) is 5.34. The molecule has 0 bridgehead atoms. The van der Waals surface area contributed by atoms with Crippen molar-refractivity contribution in [2.45, 2.75) is 4.90 Å². The first kappa shape index (κ1) is 22.4. The van der Waals surface area contributed by atoms with Gasteiger partial charge in [0.25, 0.3) is 5.91 Å². The van der Waals surface area contributed by atoms with E-state index in [0.717, 1.165) is 10.4 Å². The second-order valence-corrected chi connectivity index (χ2v) is 8.42. The summed E-state index contributed by atoms with van der Waals surface area (Å²) in [4.78, 5) is 22.4. The number of benzene rings is 2. The van der Waals surface area contributed by atoms with Crippen LogP contribution in [0.4, 0.5) is 11.4 Å². The minimum atomic E-state index is -3.81. The number of ether oxygens (including phenoxy) is 2. The maximum Gasteiger partial charge on any atom is 0.312 e. The summed E-state index contributed by atoms with van der Waals surface area (Å²) in [7, 11) is 0.250. The van der Waals surface area contributed by atoms with Crippen LogP contribution in [0, 0.1) is 10.1 Å². The van der Waals surface area contributed by atoms with Crippen LogP contribution in [0.5, 0.6) is 11.5 Å². The number of halogens is 1. The summed E-state index contributed by atoms with van der Waals surface area (Å²) in [6.07, 6.45) is 0. The molecule has 0 spiro atoms. The highest BCUT2D eigenvalue weighted by Crippen LogP contribution is 2.30. The largest absolute Gasteiger partial charge is 0.495 e. The van der Waals surface area contributed by atoms with E-state index in [1.165, 1.54) is 51.5 Å². The van der Waals surface area contributed by atoms with Crippen LogP contribution in [0.1, 0.15) is 0 Å². The molecule has 0 aliphatic carbocycles. The third-order valence-corrected chi connectivity index (χ3v) is 5.75. The fourth-order valence-electron chi connectivity index (χ4n) is 2.25. The molecule has 0 aliphatic rings. The molecule has 2 rings (SSSR count). The Morgan fingerprint density at radius 3 is 2.45 bits per heavy atom. The van der Waals surface area contributed by atoms with E-state index in [0.29, 0.717) is 0 Å². The number of nitrogens with one attached hydrogen (secondary N) is 1. The van der Waals surface area contributed by atoms with Crippen LogP contribution >= 0.6 is 11.6 Å². The van der Waals surface area contributed by atoms with Crippen LogP contribution in [0.15, 0.2) is 41.3 Å². The minimum Gasteiger partial charge on any atom is -0.495 e. The summed E-state index contributed by atoms with van der Waals surface area (Å²) < 4.78 is 36.1. The molecule has 29 heavy (non-hydrogen) atoms. The molecule has 1 N–H and O–H groups in total. The Labute approximate surface area is 172 Å². The number of carbonyl (C=O) groups is 1. The first-order valence-corrected chi connectivity index (χ1v) is 9.85. The summed E-state index contributed by atoms with van der Waals surface area (Å²) in [6, 6.07) is 7.88. The van der Waals surface area contributed by atoms with Gasteiger partial charge in [0.1, 0.15) is 10.6 Å². The number of hydrogen-bond donors (Lipinski definition) is 1. The number of methoxy groups -OCH3 is 1. The summed E-state index contributed by atoms with van der Waals surface area (Å²) in [5.74, 6) is -0.655. The van der Waals surface area contributed by atoms with Crippen molar-refractivity contribution < 1.29 is 27.6 Å². The third-order valence-electron chi connectivity index (χ3n) is 3.68. The Balaban J connectivity index is 2.17. The molecular formula is C17H18ClN3O7S. The van der Waals surface area contributed by atoms with Gasteiger partial charge in [-0.2, -0.15) is 0 Å². The molecule has 0 aliphatic heterocycles. The summed E-state index contributed by atoms with van der Waals surface area (Å²) in [5, 5.41) is 13.7. The number of hydrogen-bond acceptors (Lipinski definition) is 7.